The second-order valence-electron chi connectivity index (χ2n) is 9.97. The Balaban J connectivity index is 2.35. The number of hydrogen-bond donors (Lipinski definition) is 2. The summed E-state index contributed by atoms with van der Waals surface area (Å²) in [5.41, 5.74) is 1.94. The van der Waals surface area contributed by atoms with Crippen LogP contribution in [0.5, 0.6) is 11.5 Å². The minimum atomic E-state index is 0.130. The Morgan fingerprint density at radius 3 is 2.03 bits per heavy atom. The molecule has 2 unspecified atom stereocenters. The van der Waals surface area contributed by atoms with Crippen LogP contribution in [0.25, 0.3) is 12.7 Å². The zero-order valence-corrected chi connectivity index (χ0v) is 20.4. The molecule has 2 N–H and O–H groups in total. The highest BCUT2D eigenvalue weighted by Crippen LogP contribution is 2.22. The van der Waals surface area contributed by atoms with E-state index >= 15 is 0 Å². The molecule has 0 aliphatic heterocycles. The summed E-state index contributed by atoms with van der Waals surface area (Å²) >= 11 is 0. The molecule has 0 aromatic heterocycles. The van der Waals surface area contributed by atoms with Crippen LogP contribution < -0.4 is 10.4 Å². The maximum atomic E-state index is 10.2. The van der Waals surface area contributed by atoms with Crippen molar-refractivity contribution in [2.45, 2.75) is 99.3 Å². The van der Waals surface area contributed by atoms with Gasteiger partial charge < -0.3 is 10.2 Å². The molecule has 0 saturated heterocycles. The fraction of sp³-hybridized carbons (Fsp3) is 0.643. The normalized spacial score (nSPS) is 15.0. The smallest absolute Gasteiger partial charge is 0.126 e. The first-order valence-electron chi connectivity index (χ1n) is 12.0. The Hall–Kier alpha value is -1.70. The average molecular weight is 415 g/mol. The summed E-state index contributed by atoms with van der Waals surface area (Å²) in [4.78, 5) is 0. The first kappa shape index (κ1) is 26.3. The van der Waals surface area contributed by atoms with Crippen LogP contribution >= 0.6 is 0 Å². The molecule has 2 heteroatoms. The Kier molecular flexibility index (Phi) is 11.9. The van der Waals surface area contributed by atoms with Gasteiger partial charge in [0, 0.05) is 16.0 Å². The maximum absolute atomic E-state index is 10.2. The van der Waals surface area contributed by atoms with Gasteiger partial charge in [0.25, 0.3) is 0 Å². The van der Waals surface area contributed by atoms with Crippen LogP contribution in [0.4, 0.5) is 0 Å². The van der Waals surface area contributed by atoms with Gasteiger partial charge in [-0.25, -0.2) is 0 Å². The van der Waals surface area contributed by atoms with E-state index in [2.05, 4.69) is 47.3 Å². The molecule has 1 aromatic rings. The molecule has 2 nitrogen and oxygen atoms in total. The minimum Gasteiger partial charge on any atom is -0.507 e. The Labute approximate surface area is 185 Å². The van der Waals surface area contributed by atoms with Gasteiger partial charge >= 0.3 is 0 Å². The molecule has 0 amide bonds. The van der Waals surface area contributed by atoms with Crippen LogP contribution in [0, 0.1) is 24.7 Å². The van der Waals surface area contributed by atoms with Gasteiger partial charge in [0.2, 0.25) is 0 Å². The van der Waals surface area contributed by atoms with Gasteiger partial charge in [-0.15, -0.1) is 0 Å². The molecule has 30 heavy (non-hydrogen) atoms. The predicted molar refractivity (Wildman–Crippen MR) is 132 cm³/mol. The molecule has 2 atom stereocenters. The van der Waals surface area contributed by atoms with Crippen molar-refractivity contribution >= 4 is 12.7 Å². The number of hydrogen-bond acceptors (Lipinski definition) is 2. The lowest BCUT2D eigenvalue weighted by Crippen LogP contribution is -2.12. The van der Waals surface area contributed by atoms with E-state index in [-0.39, 0.29) is 11.5 Å². The van der Waals surface area contributed by atoms with Gasteiger partial charge in [-0.2, -0.15) is 0 Å². The highest BCUT2D eigenvalue weighted by Gasteiger charge is 2.07. The molecule has 0 spiro atoms. The molecule has 0 radical (unpaired) electrons. The average Bonchev–Trinajstić information content (AvgIpc) is 2.67. The summed E-state index contributed by atoms with van der Waals surface area (Å²) in [6, 6.07) is 1.58. The molecule has 1 aromatic carbocycles. The minimum absolute atomic E-state index is 0.130. The van der Waals surface area contributed by atoms with E-state index in [0.29, 0.717) is 16.0 Å². The van der Waals surface area contributed by atoms with Crippen molar-refractivity contribution in [3.63, 3.8) is 0 Å². The fourth-order valence-corrected chi connectivity index (χ4v) is 4.00. The topological polar surface area (TPSA) is 40.5 Å². The Bertz CT molecular complexity index is 773. The van der Waals surface area contributed by atoms with Crippen LogP contribution in [-0.4, -0.2) is 10.2 Å². The van der Waals surface area contributed by atoms with Gasteiger partial charge in [0.15, 0.2) is 0 Å². The number of phenols is 2. The van der Waals surface area contributed by atoms with E-state index < -0.39 is 0 Å². The van der Waals surface area contributed by atoms with E-state index in [1.54, 1.807) is 13.0 Å². The zero-order chi connectivity index (χ0) is 22.7. The third-order valence-corrected chi connectivity index (χ3v) is 6.37. The van der Waals surface area contributed by atoms with Crippen LogP contribution in [-0.2, 0) is 0 Å². The van der Waals surface area contributed by atoms with Crippen molar-refractivity contribution in [1.29, 1.82) is 0 Å². The molecule has 0 aliphatic carbocycles. The van der Waals surface area contributed by atoms with Gasteiger partial charge in [-0.05, 0) is 50.5 Å². The van der Waals surface area contributed by atoms with Gasteiger partial charge in [-0.3, -0.25) is 0 Å². The number of phenolic OH excluding ortho intramolecular Hbond substituents is 2. The van der Waals surface area contributed by atoms with E-state index in [9.17, 15) is 10.2 Å². The third-order valence-electron chi connectivity index (χ3n) is 6.37. The van der Waals surface area contributed by atoms with E-state index in [1.165, 1.54) is 56.9 Å². The van der Waals surface area contributed by atoms with Crippen LogP contribution in [0.3, 0.4) is 0 Å². The lowest BCUT2D eigenvalue weighted by atomic mass is 9.91. The summed E-state index contributed by atoms with van der Waals surface area (Å²) in [6.07, 6.45) is 15.7. The van der Waals surface area contributed by atoms with E-state index in [4.69, 9.17) is 0 Å². The molecule has 0 fully saturated rings. The predicted octanol–water partition coefficient (Wildman–Crippen LogP) is 6.98. The summed E-state index contributed by atoms with van der Waals surface area (Å²) in [5.74, 6) is 2.83. The van der Waals surface area contributed by atoms with Crippen LogP contribution in [0.15, 0.2) is 17.7 Å². The molecule has 170 valence electrons. The van der Waals surface area contributed by atoms with E-state index in [0.717, 1.165) is 24.2 Å². The van der Waals surface area contributed by atoms with Gasteiger partial charge in [0.05, 0.1) is 0 Å². The first-order valence-corrected chi connectivity index (χ1v) is 12.0. The van der Waals surface area contributed by atoms with Crippen molar-refractivity contribution in [2.24, 2.45) is 17.8 Å². The first-order chi connectivity index (χ1) is 14.1. The quantitative estimate of drug-likeness (QED) is 0.342. The van der Waals surface area contributed by atoms with Crippen molar-refractivity contribution in [1.82, 2.24) is 0 Å². The third kappa shape index (κ3) is 9.87. The summed E-state index contributed by atoms with van der Waals surface area (Å²) < 4.78 is 0. The van der Waals surface area contributed by atoms with Crippen molar-refractivity contribution in [3.8, 4) is 11.5 Å². The summed E-state index contributed by atoms with van der Waals surface area (Å²) in [5, 5.41) is 21.3. The van der Waals surface area contributed by atoms with Crippen molar-refractivity contribution in [3.05, 3.63) is 33.7 Å². The van der Waals surface area contributed by atoms with Crippen molar-refractivity contribution < 1.29 is 10.2 Å². The summed E-state index contributed by atoms with van der Waals surface area (Å²) in [7, 11) is 0. The van der Waals surface area contributed by atoms with Crippen LogP contribution in [0.1, 0.15) is 98.0 Å². The van der Waals surface area contributed by atoms with Gasteiger partial charge in [0.1, 0.15) is 11.5 Å². The monoisotopic (exact) mass is 414 g/mol. The summed E-state index contributed by atoms with van der Waals surface area (Å²) in [6.45, 7) is 17.1. The largest absolute Gasteiger partial charge is 0.507 e. The molecule has 0 saturated carbocycles. The second-order valence-corrected chi connectivity index (χ2v) is 9.97. The lowest BCUT2D eigenvalue weighted by molar-refractivity contribution is 0.389. The van der Waals surface area contributed by atoms with Crippen LogP contribution in [0.2, 0.25) is 0 Å². The van der Waals surface area contributed by atoms with Crippen molar-refractivity contribution in [2.75, 3.05) is 0 Å². The number of benzene rings is 1. The number of rotatable bonds is 13. The highest BCUT2D eigenvalue weighted by molar-refractivity contribution is 5.50. The molecular weight excluding hydrogens is 368 g/mol. The second kappa shape index (κ2) is 13.6. The zero-order valence-electron chi connectivity index (χ0n) is 20.4. The molecular formula is C28H46O2. The molecule has 0 aliphatic rings. The highest BCUT2D eigenvalue weighted by atomic mass is 16.3. The fourth-order valence-electron chi connectivity index (χ4n) is 4.00. The lowest BCUT2D eigenvalue weighted by Gasteiger charge is -2.15. The van der Waals surface area contributed by atoms with E-state index in [1.807, 2.05) is 6.08 Å². The van der Waals surface area contributed by atoms with Gasteiger partial charge in [-0.1, -0.05) is 96.9 Å². The number of allylic oxidation sites excluding steroid dienone is 2. The Morgan fingerprint density at radius 1 is 0.933 bits per heavy atom. The molecule has 1 rings (SSSR count). The maximum Gasteiger partial charge on any atom is 0.126 e. The SMILES string of the molecule is C=c1c(O)cc(=CC=C(C)CCCC(C)CCCC(C)CCCC(C)C)c(O)c1C. The molecule has 0 heterocycles. The Morgan fingerprint density at radius 2 is 1.47 bits per heavy atom. The number of aromatic hydroxyl groups is 2. The molecule has 0 bridgehead atoms. The standard InChI is InChI=1S/C28H46O2/c1-20(2)11-8-12-21(3)13-9-14-22(4)15-10-16-23(5)17-18-26-19-27(29)24(6)25(7)28(26)30/h17-22,29-30H,6,8-16H2,1-5,7H3.